The largest absolute Gasteiger partial charge is 0.294 e. The van der Waals surface area contributed by atoms with Crippen LogP contribution in [0.15, 0.2) is 52.2 Å². The molecule has 5 nitrogen and oxygen atoms in total. The van der Waals surface area contributed by atoms with Crippen LogP contribution in [0.1, 0.15) is 21.7 Å². The zero-order valence-corrected chi connectivity index (χ0v) is 14.5. The van der Waals surface area contributed by atoms with Crippen molar-refractivity contribution in [2.75, 3.05) is 0 Å². The third-order valence-corrected chi connectivity index (χ3v) is 3.94. The lowest BCUT2D eigenvalue weighted by Gasteiger charge is -2.02. The number of amides is 1. The lowest BCUT2D eigenvalue weighted by atomic mass is 10.2. The molecule has 7 heteroatoms. The average Bonchev–Trinajstić information content (AvgIpc) is 2.84. The summed E-state index contributed by atoms with van der Waals surface area (Å²) in [6.07, 6.45) is 3.36. The van der Waals surface area contributed by atoms with Crippen LogP contribution < -0.4 is 5.43 Å². The highest BCUT2D eigenvalue weighted by atomic mass is 79.9. The lowest BCUT2D eigenvalue weighted by molar-refractivity contribution is 0.0948. The van der Waals surface area contributed by atoms with Crippen LogP contribution in [0, 0.1) is 6.92 Å². The molecule has 2 heterocycles. The number of carbonyl (C=O) groups excluding carboxylic acids is 1. The number of aryl methyl sites for hydroxylation is 1. The smallest absolute Gasteiger partial charge is 0.290 e. The van der Waals surface area contributed by atoms with Gasteiger partial charge in [-0.2, -0.15) is 5.10 Å². The van der Waals surface area contributed by atoms with Gasteiger partial charge in [0.2, 0.25) is 0 Å². The highest BCUT2D eigenvalue weighted by Gasteiger charge is 2.16. The van der Waals surface area contributed by atoms with E-state index >= 15 is 0 Å². The summed E-state index contributed by atoms with van der Waals surface area (Å²) < 4.78 is 2.59. The van der Waals surface area contributed by atoms with Crippen molar-refractivity contribution in [1.29, 1.82) is 0 Å². The second kappa shape index (κ2) is 6.52. The minimum Gasteiger partial charge on any atom is -0.294 e. The summed E-state index contributed by atoms with van der Waals surface area (Å²) in [5.74, 6) is -0.321. The Hall–Kier alpha value is -2.18. The molecule has 0 saturated carbocycles. The average molecular weight is 392 g/mol. The topological polar surface area (TPSA) is 58.8 Å². The molecular weight excluding hydrogens is 380 g/mol. The van der Waals surface area contributed by atoms with E-state index in [2.05, 4.69) is 31.4 Å². The molecule has 0 aliphatic rings. The first-order chi connectivity index (χ1) is 11.0. The summed E-state index contributed by atoms with van der Waals surface area (Å²) in [5.41, 5.74) is 5.16. The maximum Gasteiger partial charge on any atom is 0.290 e. The van der Waals surface area contributed by atoms with Crippen molar-refractivity contribution in [2.24, 2.45) is 5.10 Å². The third-order valence-electron chi connectivity index (χ3n) is 3.22. The fourth-order valence-corrected chi connectivity index (χ4v) is 2.64. The molecule has 0 spiro atoms. The van der Waals surface area contributed by atoms with Crippen molar-refractivity contribution in [2.45, 2.75) is 6.92 Å². The second-order valence-corrected chi connectivity index (χ2v) is 6.22. The molecule has 3 rings (SSSR count). The fraction of sp³-hybridized carbons (Fsp3) is 0.0625. The van der Waals surface area contributed by atoms with E-state index in [1.165, 1.54) is 0 Å². The number of halogens is 2. The van der Waals surface area contributed by atoms with Gasteiger partial charge in [-0.25, -0.2) is 10.4 Å². The number of hydrogen-bond acceptors (Lipinski definition) is 3. The Bertz CT molecular complexity index is 902. The van der Waals surface area contributed by atoms with E-state index in [4.69, 9.17) is 11.6 Å². The standard InChI is InChI=1S/C16H12BrClN4O/c1-10-15(22-9-12(17)4-7-14(22)20-10)16(23)21-19-8-11-2-5-13(18)6-3-11/h2-9H,1H3,(H,21,23)/b19-8-. The molecule has 2 aromatic heterocycles. The Morgan fingerprint density at radius 3 is 2.78 bits per heavy atom. The predicted molar refractivity (Wildman–Crippen MR) is 94.1 cm³/mol. The summed E-state index contributed by atoms with van der Waals surface area (Å²) in [6, 6.07) is 10.9. The molecule has 116 valence electrons. The van der Waals surface area contributed by atoms with Gasteiger partial charge in [0.05, 0.1) is 11.9 Å². The van der Waals surface area contributed by atoms with E-state index < -0.39 is 0 Å². The maximum atomic E-state index is 12.4. The van der Waals surface area contributed by atoms with Crippen LogP contribution in [-0.2, 0) is 0 Å². The molecule has 0 aliphatic carbocycles. The van der Waals surface area contributed by atoms with Gasteiger partial charge in [0, 0.05) is 15.7 Å². The highest BCUT2D eigenvalue weighted by Crippen LogP contribution is 2.16. The van der Waals surface area contributed by atoms with Gasteiger partial charge in [0.1, 0.15) is 11.3 Å². The SMILES string of the molecule is Cc1nc2ccc(Br)cn2c1C(=O)N/N=C\c1ccc(Cl)cc1. The monoisotopic (exact) mass is 390 g/mol. The van der Waals surface area contributed by atoms with Crippen molar-refractivity contribution in [3.8, 4) is 0 Å². The number of carbonyl (C=O) groups is 1. The van der Waals surface area contributed by atoms with Crippen molar-refractivity contribution >= 4 is 45.3 Å². The zero-order chi connectivity index (χ0) is 16.4. The quantitative estimate of drug-likeness (QED) is 0.545. The number of rotatable bonds is 3. The first-order valence-corrected chi connectivity index (χ1v) is 7.95. The zero-order valence-electron chi connectivity index (χ0n) is 12.1. The van der Waals surface area contributed by atoms with Crippen LogP contribution in [0.2, 0.25) is 5.02 Å². The number of aromatic nitrogens is 2. The van der Waals surface area contributed by atoms with Crippen LogP contribution >= 0.6 is 27.5 Å². The molecule has 23 heavy (non-hydrogen) atoms. The Labute approximate surface area is 146 Å². The summed E-state index contributed by atoms with van der Waals surface area (Å²) in [5, 5.41) is 4.63. The van der Waals surface area contributed by atoms with Gasteiger partial charge in [-0.3, -0.25) is 9.20 Å². The summed E-state index contributed by atoms with van der Waals surface area (Å²) in [7, 11) is 0. The number of imidazole rings is 1. The molecule has 0 fully saturated rings. The second-order valence-electron chi connectivity index (χ2n) is 4.87. The molecule has 1 N–H and O–H groups in total. The lowest BCUT2D eigenvalue weighted by Crippen LogP contribution is -2.20. The highest BCUT2D eigenvalue weighted by molar-refractivity contribution is 9.10. The van der Waals surface area contributed by atoms with Crippen molar-refractivity contribution in [1.82, 2.24) is 14.8 Å². The number of hydrazone groups is 1. The van der Waals surface area contributed by atoms with Gasteiger partial charge < -0.3 is 0 Å². The van der Waals surface area contributed by atoms with Gasteiger partial charge in [0.15, 0.2) is 0 Å². The maximum absolute atomic E-state index is 12.4. The Morgan fingerprint density at radius 2 is 2.04 bits per heavy atom. The van der Waals surface area contributed by atoms with Crippen LogP contribution in [0.25, 0.3) is 5.65 Å². The number of pyridine rings is 1. The molecule has 0 saturated heterocycles. The number of hydrogen-bond donors (Lipinski definition) is 1. The molecule has 0 radical (unpaired) electrons. The van der Waals surface area contributed by atoms with E-state index in [-0.39, 0.29) is 5.91 Å². The Morgan fingerprint density at radius 1 is 1.30 bits per heavy atom. The summed E-state index contributed by atoms with van der Waals surface area (Å²) >= 11 is 9.21. The molecular formula is C16H12BrClN4O. The molecule has 1 aromatic carbocycles. The normalized spacial score (nSPS) is 11.3. The van der Waals surface area contributed by atoms with E-state index in [1.54, 1.807) is 35.9 Å². The number of fused-ring (bicyclic) bond motifs is 1. The predicted octanol–water partition coefficient (Wildman–Crippen LogP) is 3.82. The number of benzene rings is 1. The molecule has 1 amide bonds. The first kappa shape index (κ1) is 15.7. The van der Waals surface area contributed by atoms with E-state index in [1.807, 2.05) is 24.3 Å². The van der Waals surface area contributed by atoms with Crippen LogP contribution in [-0.4, -0.2) is 21.5 Å². The van der Waals surface area contributed by atoms with Crippen molar-refractivity contribution < 1.29 is 4.79 Å². The van der Waals surface area contributed by atoms with Crippen molar-refractivity contribution in [3.05, 3.63) is 69.0 Å². The van der Waals surface area contributed by atoms with E-state index in [0.29, 0.717) is 22.1 Å². The third kappa shape index (κ3) is 3.43. The van der Waals surface area contributed by atoms with Crippen LogP contribution in [0.5, 0.6) is 0 Å². The van der Waals surface area contributed by atoms with E-state index in [0.717, 1.165) is 10.0 Å². The number of nitrogens with zero attached hydrogens (tertiary/aromatic N) is 3. The van der Waals surface area contributed by atoms with Crippen LogP contribution in [0.3, 0.4) is 0 Å². The van der Waals surface area contributed by atoms with Crippen molar-refractivity contribution in [3.63, 3.8) is 0 Å². The van der Waals surface area contributed by atoms with Gasteiger partial charge in [0.25, 0.3) is 5.91 Å². The fourth-order valence-electron chi connectivity index (χ4n) is 2.18. The minimum atomic E-state index is -0.321. The molecule has 3 aromatic rings. The Balaban J connectivity index is 1.82. The number of nitrogens with one attached hydrogen (secondary N) is 1. The summed E-state index contributed by atoms with van der Waals surface area (Å²) in [6.45, 7) is 1.79. The van der Waals surface area contributed by atoms with Gasteiger partial charge in [-0.1, -0.05) is 23.7 Å². The molecule has 0 atom stereocenters. The van der Waals surface area contributed by atoms with Gasteiger partial charge >= 0.3 is 0 Å². The molecule has 0 unspecified atom stereocenters. The van der Waals surface area contributed by atoms with Gasteiger partial charge in [-0.15, -0.1) is 0 Å². The van der Waals surface area contributed by atoms with E-state index in [9.17, 15) is 4.79 Å². The molecule has 0 aliphatic heterocycles. The van der Waals surface area contributed by atoms with Crippen LogP contribution in [0.4, 0.5) is 0 Å². The molecule has 0 bridgehead atoms. The minimum absolute atomic E-state index is 0.321. The summed E-state index contributed by atoms with van der Waals surface area (Å²) in [4.78, 5) is 16.7. The Kier molecular flexibility index (Phi) is 4.45. The first-order valence-electron chi connectivity index (χ1n) is 6.78. The van der Waals surface area contributed by atoms with Gasteiger partial charge in [-0.05, 0) is 52.7 Å².